The summed E-state index contributed by atoms with van der Waals surface area (Å²) in [6, 6.07) is 5.69. The molecule has 1 aliphatic carbocycles. The van der Waals surface area contributed by atoms with Crippen molar-refractivity contribution >= 4 is 5.97 Å². The van der Waals surface area contributed by atoms with E-state index in [-0.39, 0.29) is 17.4 Å². The second kappa shape index (κ2) is 3.59. The van der Waals surface area contributed by atoms with E-state index in [0.29, 0.717) is 5.56 Å². The number of carbonyl (C=O) groups excluding carboxylic acids is 1. The number of rotatable bonds is 1. The average Bonchev–Trinajstić information content (AvgIpc) is 2.48. The Hall–Kier alpha value is -1.35. The molecule has 3 heteroatoms. The van der Waals surface area contributed by atoms with Gasteiger partial charge in [-0.3, -0.25) is 0 Å². The smallest absolute Gasteiger partial charge is 0.337 e. The highest BCUT2D eigenvalue weighted by Crippen LogP contribution is 2.43. The van der Waals surface area contributed by atoms with Crippen LogP contribution in [-0.2, 0) is 10.2 Å². The molecule has 3 nitrogen and oxygen atoms in total. The molecule has 0 saturated carbocycles. The summed E-state index contributed by atoms with van der Waals surface area (Å²) >= 11 is 0. The van der Waals surface area contributed by atoms with Crippen LogP contribution >= 0.6 is 0 Å². The molecule has 0 aromatic heterocycles. The van der Waals surface area contributed by atoms with Gasteiger partial charge in [-0.2, -0.15) is 0 Å². The molecule has 1 atom stereocenters. The van der Waals surface area contributed by atoms with E-state index >= 15 is 0 Å². The minimum Gasteiger partial charge on any atom is -0.465 e. The van der Waals surface area contributed by atoms with Crippen molar-refractivity contribution in [2.75, 3.05) is 7.11 Å². The Labute approximate surface area is 95.6 Å². The number of fused-ring (bicyclic) bond motifs is 1. The molecule has 1 aromatic carbocycles. The van der Waals surface area contributed by atoms with Crippen LogP contribution in [0.2, 0.25) is 0 Å². The Morgan fingerprint density at radius 1 is 1.50 bits per heavy atom. The zero-order valence-electron chi connectivity index (χ0n) is 9.91. The van der Waals surface area contributed by atoms with Gasteiger partial charge in [0.05, 0.1) is 12.7 Å². The number of methoxy groups -OCH3 is 1. The zero-order chi connectivity index (χ0) is 11.9. The Morgan fingerprint density at radius 2 is 2.19 bits per heavy atom. The van der Waals surface area contributed by atoms with Gasteiger partial charge < -0.3 is 10.5 Å². The first kappa shape index (κ1) is 11.1. The highest BCUT2D eigenvalue weighted by molar-refractivity contribution is 5.89. The first-order valence-electron chi connectivity index (χ1n) is 5.44. The molecule has 0 aliphatic heterocycles. The van der Waals surface area contributed by atoms with Gasteiger partial charge >= 0.3 is 5.97 Å². The fourth-order valence-corrected chi connectivity index (χ4v) is 2.50. The van der Waals surface area contributed by atoms with E-state index in [9.17, 15) is 4.79 Å². The first-order valence-corrected chi connectivity index (χ1v) is 5.44. The summed E-state index contributed by atoms with van der Waals surface area (Å²) in [5, 5.41) is 0. The third-order valence-corrected chi connectivity index (χ3v) is 3.33. The third-order valence-electron chi connectivity index (χ3n) is 3.33. The van der Waals surface area contributed by atoms with E-state index in [0.717, 1.165) is 12.0 Å². The molecule has 2 N–H and O–H groups in total. The van der Waals surface area contributed by atoms with Gasteiger partial charge in [-0.1, -0.05) is 19.9 Å². The number of esters is 1. The molecular weight excluding hydrogens is 202 g/mol. The average molecular weight is 219 g/mol. The molecule has 1 aromatic rings. The van der Waals surface area contributed by atoms with Crippen LogP contribution < -0.4 is 5.73 Å². The van der Waals surface area contributed by atoms with Gasteiger partial charge in [-0.05, 0) is 35.1 Å². The molecule has 0 spiro atoms. The highest BCUT2D eigenvalue weighted by Gasteiger charge is 2.35. The second-order valence-corrected chi connectivity index (χ2v) is 4.99. The molecule has 16 heavy (non-hydrogen) atoms. The monoisotopic (exact) mass is 219 g/mol. The van der Waals surface area contributed by atoms with Crippen molar-refractivity contribution in [3.8, 4) is 0 Å². The van der Waals surface area contributed by atoms with Gasteiger partial charge in [0.25, 0.3) is 0 Å². The molecular formula is C13H17NO2. The van der Waals surface area contributed by atoms with Gasteiger partial charge in [0.15, 0.2) is 0 Å². The molecule has 2 rings (SSSR count). The van der Waals surface area contributed by atoms with Crippen molar-refractivity contribution in [1.29, 1.82) is 0 Å². The topological polar surface area (TPSA) is 52.3 Å². The van der Waals surface area contributed by atoms with Gasteiger partial charge in [-0.15, -0.1) is 0 Å². The Kier molecular flexibility index (Phi) is 2.50. The maximum absolute atomic E-state index is 11.4. The minimum atomic E-state index is -0.306. The minimum absolute atomic E-state index is 0.0228. The van der Waals surface area contributed by atoms with Crippen LogP contribution in [0.4, 0.5) is 0 Å². The van der Waals surface area contributed by atoms with Crippen LogP contribution in [0.25, 0.3) is 0 Å². The molecule has 1 aliphatic rings. The van der Waals surface area contributed by atoms with Crippen LogP contribution in [0.1, 0.15) is 47.8 Å². The van der Waals surface area contributed by atoms with Crippen molar-refractivity contribution in [2.45, 2.75) is 31.7 Å². The number of hydrogen-bond donors (Lipinski definition) is 1. The molecule has 86 valence electrons. The molecule has 0 heterocycles. The molecule has 0 radical (unpaired) electrons. The third kappa shape index (κ3) is 1.61. The molecule has 0 unspecified atom stereocenters. The van der Waals surface area contributed by atoms with E-state index in [4.69, 9.17) is 10.5 Å². The normalized spacial score (nSPS) is 21.6. The lowest BCUT2D eigenvalue weighted by atomic mass is 9.86. The zero-order valence-corrected chi connectivity index (χ0v) is 9.91. The molecule has 0 amide bonds. The number of carbonyl (C=O) groups is 1. The molecule has 0 saturated heterocycles. The summed E-state index contributed by atoms with van der Waals surface area (Å²) in [5.41, 5.74) is 9.08. The Bertz CT molecular complexity index is 438. The maximum atomic E-state index is 11.4. The fourth-order valence-electron chi connectivity index (χ4n) is 2.50. The number of ether oxygens (including phenoxy) is 1. The highest BCUT2D eigenvalue weighted by atomic mass is 16.5. The molecule has 0 fully saturated rings. The SMILES string of the molecule is COC(=O)c1ccc2c(c1)[C@@H](N)CC2(C)C. The first-order chi connectivity index (χ1) is 7.45. The second-order valence-electron chi connectivity index (χ2n) is 4.99. The van der Waals surface area contributed by atoms with Gasteiger partial charge in [0.1, 0.15) is 0 Å². The fraction of sp³-hybridized carbons (Fsp3) is 0.462. The summed E-state index contributed by atoms with van der Waals surface area (Å²) in [6.07, 6.45) is 0.924. The predicted molar refractivity (Wildman–Crippen MR) is 62.4 cm³/mol. The van der Waals surface area contributed by atoms with E-state index in [1.165, 1.54) is 12.7 Å². The van der Waals surface area contributed by atoms with Gasteiger partial charge in [0.2, 0.25) is 0 Å². The Balaban J connectivity index is 2.48. The summed E-state index contributed by atoms with van der Waals surface area (Å²) in [5.74, 6) is -0.306. The van der Waals surface area contributed by atoms with Crippen molar-refractivity contribution in [2.24, 2.45) is 5.73 Å². The number of benzene rings is 1. The van der Waals surface area contributed by atoms with E-state index in [1.807, 2.05) is 18.2 Å². The van der Waals surface area contributed by atoms with Crippen molar-refractivity contribution in [3.63, 3.8) is 0 Å². The van der Waals surface area contributed by atoms with Crippen molar-refractivity contribution < 1.29 is 9.53 Å². The predicted octanol–water partition coefficient (Wildman–Crippen LogP) is 2.15. The summed E-state index contributed by atoms with van der Waals surface area (Å²) in [7, 11) is 1.39. The molecule has 0 bridgehead atoms. The van der Waals surface area contributed by atoms with Gasteiger partial charge in [0, 0.05) is 6.04 Å². The summed E-state index contributed by atoms with van der Waals surface area (Å²) in [6.45, 7) is 4.35. The van der Waals surface area contributed by atoms with E-state index < -0.39 is 0 Å². The summed E-state index contributed by atoms with van der Waals surface area (Å²) in [4.78, 5) is 11.4. The van der Waals surface area contributed by atoms with E-state index in [1.54, 1.807) is 0 Å². The summed E-state index contributed by atoms with van der Waals surface area (Å²) < 4.78 is 4.70. The van der Waals surface area contributed by atoms with Crippen LogP contribution in [0.3, 0.4) is 0 Å². The van der Waals surface area contributed by atoms with Crippen LogP contribution in [0, 0.1) is 0 Å². The largest absolute Gasteiger partial charge is 0.465 e. The van der Waals surface area contributed by atoms with Crippen LogP contribution in [0.5, 0.6) is 0 Å². The lowest BCUT2D eigenvalue weighted by molar-refractivity contribution is 0.0600. The standard InChI is InChI=1S/C13H17NO2/c1-13(2)7-11(14)9-6-8(12(15)16-3)4-5-10(9)13/h4-6,11H,7,14H2,1-3H3/t11-/m0/s1. The quantitative estimate of drug-likeness (QED) is 0.736. The lowest BCUT2D eigenvalue weighted by Crippen LogP contribution is -2.14. The maximum Gasteiger partial charge on any atom is 0.337 e. The van der Waals surface area contributed by atoms with Crippen molar-refractivity contribution in [1.82, 2.24) is 0 Å². The Morgan fingerprint density at radius 3 is 2.81 bits per heavy atom. The van der Waals surface area contributed by atoms with E-state index in [2.05, 4.69) is 13.8 Å². The number of hydrogen-bond acceptors (Lipinski definition) is 3. The van der Waals surface area contributed by atoms with Crippen LogP contribution in [0.15, 0.2) is 18.2 Å². The number of nitrogens with two attached hydrogens (primary N) is 1. The lowest BCUT2D eigenvalue weighted by Gasteiger charge is -2.18. The van der Waals surface area contributed by atoms with Crippen molar-refractivity contribution in [3.05, 3.63) is 34.9 Å². The van der Waals surface area contributed by atoms with Crippen LogP contribution in [-0.4, -0.2) is 13.1 Å². The van der Waals surface area contributed by atoms with Gasteiger partial charge in [-0.25, -0.2) is 4.79 Å².